The standard InChI is InChI=1S/C18H16N2O6S/c1-26-18(23)12-6-2-4-8-14(12)19-16(21)10-11-20-17(22)13-7-3-5-9-15(13)27(20,24)25/h2-9H,10-11H2,1H3,(H,19,21). The number of hydrogen-bond donors (Lipinski definition) is 1. The number of rotatable bonds is 5. The number of nitrogens with one attached hydrogen (secondary N) is 1. The van der Waals surface area contributed by atoms with E-state index >= 15 is 0 Å². The molecule has 140 valence electrons. The highest BCUT2D eigenvalue weighted by molar-refractivity contribution is 7.90. The molecule has 3 rings (SSSR count). The second-order valence-electron chi connectivity index (χ2n) is 5.71. The van der Waals surface area contributed by atoms with Gasteiger partial charge in [-0.1, -0.05) is 24.3 Å². The molecular formula is C18H16N2O6S. The van der Waals surface area contributed by atoms with Gasteiger partial charge in [-0.15, -0.1) is 0 Å². The summed E-state index contributed by atoms with van der Waals surface area (Å²) in [5.74, 6) is -1.81. The maximum atomic E-state index is 12.5. The zero-order valence-corrected chi connectivity index (χ0v) is 15.2. The van der Waals surface area contributed by atoms with Crippen LogP contribution in [-0.2, 0) is 19.6 Å². The van der Waals surface area contributed by atoms with Crippen LogP contribution in [0, 0.1) is 0 Å². The Morgan fingerprint density at radius 2 is 1.74 bits per heavy atom. The Bertz CT molecular complexity index is 1030. The van der Waals surface area contributed by atoms with Crippen molar-refractivity contribution in [1.82, 2.24) is 4.31 Å². The highest BCUT2D eigenvalue weighted by Crippen LogP contribution is 2.29. The molecule has 27 heavy (non-hydrogen) atoms. The molecule has 0 radical (unpaired) electrons. The summed E-state index contributed by atoms with van der Waals surface area (Å²) in [4.78, 5) is 36.2. The van der Waals surface area contributed by atoms with Crippen LogP contribution >= 0.6 is 0 Å². The Balaban J connectivity index is 1.71. The second-order valence-corrected chi connectivity index (χ2v) is 7.54. The second kappa shape index (κ2) is 7.20. The number of fused-ring (bicyclic) bond motifs is 1. The molecule has 0 spiro atoms. The number of para-hydroxylation sites is 1. The van der Waals surface area contributed by atoms with Crippen LogP contribution in [0.3, 0.4) is 0 Å². The topological polar surface area (TPSA) is 110 Å². The summed E-state index contributed by atoms with van der Waals surface area (Å²) in [6.45, 7) is -0.304. The number of benzene rings is 2. The lowest BCUT2D eigenvalue weighted by molar-refractivity contribution is -0.116. The molecule has 0 fully saturated rings. The summed E-state index contributed by atoms with van der Waals surface area (Å²) in [7, 11) is -2.74. The Kier molecular flexibility index (Phi) is 4.95. The van der Waals surface area contributed by atoms with Gasteiger partial charge in [0.1, 0.15) is 4.90 Å². The molecular weight excluding hydrogens is 372 g/mol. The fourth-order valence-corrected chi connectivity index (χ4v) is 4.32. The maximum absolute atomic E-state index is 12.5. The van der Waals surface area contributed by atoms with Gasteiger partial charge >= 0.3 is 5.97 Å². The van der Waals surface area contributed by atoms with E-state index in [9.17, 15) is 22.8 Å². The lowest BCUT2D eigenvalue weighted by Crippen LogP contribution is -2.33. The summed E-state index contributed by atoms with van der Waals surface area (Å²) >= 11 is 0. The van der Waals surface area contributed by atoms with Gasteiger partial charge in [0, 0.05) is 13.0 Å². The first-order valence-electron chi connectivity index (χ1n) is 7.99. The van der Waals surface area contributed by atoms with Crippen molar-refractivity contribution in [3.05, 3.63) is 59.7 Å². The third-order valence-electron chi connectivity index (χ3n) is 4.06. The van der Waals surface area contributed by atoms with Gasteiger partial charge in [-0.25, -0.2) is 17.5 Å². The molecule has 1 N–H and O–H groups in total. The highest BCUT2D eigenvalue weighted by atomic mass is 32.2. The predicted molar refractivity (Wildman–Crippen MR) is 95.7 cm³/mol. The molecule has 0 aliphatic carbocycles. The normalized spacial score (nSPS) is 14.6. The molecule has 1 aliphatic heterocycles. The van der Waals surface area contributed by atoms with Crippen LogP contribution < -0.4 is 5.32 Å². The molecule has 1 aliphatic rings. The predicted octanol–water partition coefficient (Wildman–Crippen LogP) is 1.65. The smallest absolute Gasteiger partial charge is 0.339 e. The number of sulfonamides is 1. The van der Waals surface area contributed by atoms with Crippen LogP contribution in [0.1, 0.15) is 27.1 Å². The van der Waals surface area contributed by atoms with E-state index in [-0.39, 0.29) is 34.7 Å². The minimum atomic E-state index is -3.96. The fraction of sp³-hybridized carbons (Fsp3) is 0.167. The first-order chi connectivity index (χ1) is 12.9. The molecule has 0 aromatic heterocycles. The Labute approximate surface area is 155 Å². The van der Waals surface area contributed by atoms with Gasteiger partial charge in [-0.05, 0) is 24.3 Å². The molecule has 2 aromatic carbocycles. The molecule has 0 atom stereocenters. The van der Waals surface area contributed by atoms with Crippen molar-refractivity contribution in [3.8, 4) is 0 Å². The van der Waals surface area contributed by atoms with Crippen LogP contribution in [0.15, 0.2) is 53.4 Å². The summed E-state index contributed by atoms with van der Waals surface area (Å²) in [6, 6.07) is 12.2. The number of hydrogen-bond acceptors (Lipinski definition) is 6. The van der Waals surface area contributed by atoms with Crippen molar-refractivity contribution >= 4 is 33.5 Å². The summed E-state index contributed by atoms with van der Waals surface area (Å²) in [5, 5.41) is 2.54. The largest absolute Gasteiger partial charge is 0.465 e. The minimum Gasteiger partial charge on any atom is -0.465 e. The fourth-order valence-electron chi connectivity index (χ4n) is 2.75. The molecule has 0 saturated carbocycles. The number of carbonyl (C=O) groups is 3. The van der Waals surface area contributed by atoms with Crippen LogP contribution in [0.5, 0.6) is 0 Å². The molecule has 2 aromatic rings. The van der Waals surface area contributed by atoms with E-state index in [0.717, 1.165) is 0 Å². The van der Waals surface area contributed by atoms with Crippen molar-refractivity contribution < 1.29 is 27.5 Å². The molecule has 9 heteroatoms. The first kappa shape index (κ1) is 18.6. The van der Waals surface area contributed by atoms with Gasteiger partial charge in [0.05, 0.1) is 23.9 Å². The monoisotopic (exact) mass is 388 g/mol. The highest BCUT2D eigenvalue weighted by Gasteiger charge is 2.40. The first-order valence-corrected chi connectivity index (χ1v) is 9.43. The number of anilines is 1. The van der Waals surface area contributed by atoms with Crippen LogP contribution in [-0.4, -0.2) is 44.2 Å². The molecule has 1 heterocycles. The molecule has 0 unspecified atom stereocenters. The van der Waals surface area contributed by atoms with Crippen LogP contribution in [0.2, 0.25) is 0 Å². The van der Waals surface area contributed by atoms with Gasteiger partial charge in [0.25, 0.3) is 15.9 Å². The van der Waals surface area contributed by atoms with Crippen LogP contribution in [0.25, 0.3) is 0 Å². The molecule has 0 saturated heterocycles. The van der Waals surface area contributed by atoms with E-state index in [0.29, 0.717) is 4.31 Å². The van der Waals surface area contributed by atoms with E-state index in [4.69, 9.17) is 0 Å². The zero-order chi connectivity index (χ0) is 19.6. The van der Waals surface area contributed by atoms with E-state index in [2.05, 4.69) is 10.1 Å². The average molecular weight is 388 g/mol. The maximum Gasteiger partial charge on any atom is 0.339 e. The quantitative estimate of drug-likeness (QED) is 0.780. The Hall–Kier alpha value is -3.20. The van der Waals surface area contributed by atoms with Gasteiger partial charge in [0.2, 0.25) is 5.91 Å². The average Bonchev–Trinajstić information content (AvgIpc) is 2.86. The number of methoxy groups -OCH3 is 1. The Morgan fingerprint density at radius 1 is 1.07 bits per heavy atom. The number of nitrogens with zero attached hydrogens (tertiary/aromatic N) is 1. The summed E-state index contributed by atoms with van der Waals surface area (Å²) in [6.07, 6.45) is -0.255. The summed E-state index contributed by atoms with van der Waals surface area (Å²) in [5.41, 5.74) is 0.507. The SMILES string of the molecule is COC(=O)c1ccccc1NC(=O)CCN1C(=O)c2ccccc2S1(=O)=O. The van der Waals surface area contributed by atoms with Crippen molar-refractivity contribution in [3.63, 3.8) is 0 Å². The van der Waals surface area contributed by atoms with E-state index < -0.39 is 27.8 Å². The number of ether oxygens (including phenoxy) is 1. The number of esters is 1. The van der Waals surface area contributed by atoms with Crippen molar-refractivity contribution in [2.24, 2.45) is 0 Å². The van der Waals surface area contributed by atoms with Gasteiger partial charge in [-0.3, -0.25) is 9.59 Å². The molecule has 0 bridgehead atoms. The molecule has 8 nitrogen and oxygen atoms in total. The lowest BCUT2D eigenvalue weighted by Gasteiger charge is -2.15. The summed E-state index contributed by atoms with van der Waals surface area (Å²) < 4.78 is 30.3. The third kappa shape index (κ3) is 3.41. The van der Waals surface area contributed by atoms with E-state index in [1.54, 1.807) is 18.2 Å². The number of amides is 2. The van der Waals surface area contributed by atoms with Crippen molar-refractivity contribution in [2.75, 3.05) is 19.0 Å². The third-order valence-corrected chi connectivity index (χ3v) is 5.90. The van der Waals surface area contributed by atoms with Crippen molar-refractivity contribution in [1.29, 1.82) is 0 Å². The van der Waals surface area contributed by atoms with E-state index in [1.807, 2.05) is 0 Å². The number of carbonyl (C=O) groups excluding carboxylic acids is 3. The van der Waals surface area contributed by atoms with Gasteiger partial charge < -0.3 is 10.1 Å². The van der Waals surface area contributed by atoms with Crippen LogP contribution in [0.4, 0.5) is 5.69 Å². The molecule has 2 amide bonds. The van der Waals surface area contributed by atoms with Gasteiger partial charge in [-0.2, -0.15) is 0 Å². The Morgan fingerprint density at radius 3 is 2.44 bits per heavy atom. The lowest BCUT2D eigenvalue weighted by atomic mass is 10.1. The minimum absolute atomic E-state index is 0.0635. The van der Waals surface area contributed by atoms with E-state index in [1.165, 1.54) is 37.4 Å². The zero-order valence-electron chi connectivity index (χ0n) is 14.3. The van der Waals surface area contributed by atoms with Gasteiger partial charge in [0.15, 0.2) is 0 Å². The van der Waals surface area contributed by atoms with Crippen molar-refractivity contribution in [2.45, 2.75) is 11.3 Å².